The van der Waals surface area contributed by atoms with Gasteiger partial charge in [0.25, 0.3) is 0 Å². The molecule has 10 N–H and O–H groups in total. The number of rotatable bonds is 7. The van der Waals surface area contributed by atoms with E-state index in [9.17, 15) is 55.9 Å². The zero-order valence-corrected chi connectivity index (χ0v) is 23.6. The normalized spacial score (nSPS) is 31.9. The summed E-state index contributed by atoms with van der Waals surface area (Å²) in [7, 11) is 1.16. The molecule has 17 heteroatoms. The SMILES string of the molecule is COc1cc(O)c2c(=O)c(O[C@@H]3O[C@@H](C)[C@H](O)[C@@H](O)[C@H]3O)c(-c3ccc(O)c(O)c3)oc2c1O[C@@H]1O[C@H](CO)[C@@H](O)[C@H](O)[C@H]1O. The Balaban J connectivity index is 1.72. The smallest absolute Gasteiger partial charge is 0.239 e. The Bertz CT molecular complexity index is 1600. The van der Waals surface area contributed by atoms with Gasteiger partial charge in [-0.05, 0) is 25.1 Å². The Morgan fingerprint density at radius 1 is 0.756 bits per heavy atom. The summed E-state index contributed by atoms with van der Waals surface area (Å²) in [5, 5.41) is 102. The van der Waals surface area contributed by atoms with E-state index >= 15 is 0 Å². The first kappa shape index (κ1) is 32.5. The summed E-state index contributed by atoms with van der Waals surface area (Å²) in [5.41, 5.74) is -1.75. The second-order valence-electron chi connectivity index (χ2n) is 10.5. The topological polar surface area (TPSA) is 279 Å². The second kappa shape index (κ2) is 12.5. The quantitative estimate of drug-likeness (QED) is 0.125. The molecule has 0 bridgehead atoms. The van der Waals surface area contributed by atoms with Crippen molar-refractivity contribution in [2.24, 2.45) is 0 Å². The maximum atomic E-state index is 14.0. The lowest BCUT2D eigenvalue weighted by Gasteiger charge is -2.39. The van der Waals surface area contributed by atoms with Crippen LogP contribution < -0.4 is 19.6 Å². The predicted octanol–water partition coefficient (Wildman–Crippen LogP) is -2.03. The van der Waals surface area contributed by atoms with Crippen molar-refractivity contribution in [1.29, 1.82) is 0 Å². The molecule has 17 nitrogen and oxygen atoms in total. The highest BCUT2D eigenvalue weighted by atomic mass is 16.7. The largest absolute Gasteiger partial charge is 0.507 e. The molecule has 2 fully saturated rings. The third-order valence-corrected chi connectivity index (χ3v) is 7.61. The highest BCUT2D eigenvalue weighted by Crippen LogP contribution is 2.45. The van der Waals surface area contributed by atoms with Gasteiger partial charge in [-0.3, -0.25) is 4.79 Å². The van der Waals surface area contributed by atoms with Crippen LogP contribution in [0.15, 0.2) is 33.5 Å². The molecule has 246 valence electrons. The molecule has 2 aliphatic rings. The van der Waals surface area contributed by atoms with Gasteiger partial charge in [0.05, 0.1) is 19.8 Å². The van der Waals surface area contributed by atoms with Crippen LogP contribution in [-0.4, -0.2) is 126 Å². The molecule has 0 unspecified atom stereocenters. The van der Waals surface area contributed by atoms with E-state index in [2.05, 4.69) is 0 Å². The van der Waals surface area contributed by atoms with Crippen molar-refractivity contribution in [1.82, 2.24) is 0 Å². The Hall–Kier alpha value is -3.91. The first-order valence-electron chi connectivity index (χ1n) is 13.6. The van der Waals surface area contributed by atoms with Crippen molar-refractivity contribution >= 4 is 11.0 Å². The van der Waals surface area contributed by atoms with E-state index in [1.54, 1.807) is 0 Å². The zero-order chi connectivity index (χ0) is 32.9. The molecule has 3 heterocycles. The molecule has 2 aromatic carbocycles. The second-order valence-corrected chi connectivity index (χ2v) is 10.5. The van der Waals surface area contributed by atoms with E-state index in [-0.39, 0.29) is 11.3 Å². The number of methoxy groups -OCH3 is 1. The maximum Gasteiger partial charge on any atom is 0.239 e. The van der Waals surface area contributed by atoms with Crippen LogP contribution in [0.4, 0.5) is 0 Å². The van der Waals surface area contributed by atoms with Gasteiger partial charge in [-0.2, -0.15) is 0 Å². The fraction of sp³-hybridized carbons (Fsp3) is 0.464. The molecule has 0 amide bonds. The van der Waals surface area contributed by atoms with Crippen molar-refractivity contribution in [3.05, 3.63) is 34.5 Å². The van der Waals surface area contributed by atoms with Gasteiger partial charge < -0.3 is 79.2 Å². The molecule has 0 aliphatic carbocycles. The van der Waals surface area contributed by atoms with Crippen molar-refractivity contribution in [3.63, 3.8) is 0 Å². The molecular formula is C28H32O17. The lowest BCUT2D eigenvalue weighted by atomic mass is 9.99. The highest BCUT2D eigenvalue weighted by molar-refractivity contribution is 5.93. The van der Waals surface area contributed by atoms with Crippen LogP contribution in [-0.2, 0) is 9.47 Å². The summed E-state index contributed by atoms with van der Waals surface area (Å²) < 4.78 is 33.6. The maximum absolute atomic E-state index is 14.0. The summed E-state index contributed by atoms with van der Waals surface area (Å²) in [6.45, 7) is 0.598. The molecule has 0 saturated carbocycles. The van der Waals surface area contributed by atoms with Crippen molar-refractivity contribution in [3.8, 4) is 45.8 Å². The van der Waals surface area contributed by atoms with Gasteiger partial charge in [0.2, 0.25) is 29.5 Å². The van der Waals surface area contributed by atoms with Gasteiger partial charge in [-0.1, -0.05) is 0 Å². The first-order valence-corrected chi connectivity index (χ1v) is 13.6. The predicted molar refractivity (Wildman–Crippen MR) is 147 cm³/mol. The molecule has 1 aromatic heterocycles. The summed E-state index contributed by atoms with van der Waals surface area (Å²) >= 11 is 0. The van der Waals surface area contributed by atoms with Crippen LogP contribution in [0.5, 0.6) is 34.5 Å². The Morgan fingerprint density at radius 3 is 2.00 bits per heavy atom. The van der Waals surface area contributed by atoms with Crippen LogP contribution in [0, 0.1) is 0 Å². The van der Waals surface area contributed by atoms with Crippen LogP contribution in [0.2, 0.25) is 0 Å². The number of aliphatic hydroxyl groups excluding tert-OH is 7. The average molecular weight is 641 g/mol. The monoisotopic (exact) mass is 640 g/mol. The fourth-order valence-corrected chi connectivity index (χ4v) is 5.02. The standard InChI is InChI=1S/C28H32O17/c1-8-16(33)19(36)21(38)27(41-8)45-26-18(35)15-12(32)6-13(40-2)24(44-28-22(39)20(37)17(34)14(7-29)42-28)25(15)43-23(26)9-3-4-10(30)11(31)5-9/h3-6,8,14,16-17,19-22,27-34,36-39H,7H2,1-2H3/t8-,14+,16-,17+,19+,20-,21+,22+,27-,28-/m0/s1. The van der Waals surface area contributed by atoms with Crippen LogP contribution in [0.25, 0.3) is 22.3 Å². The number of ether oxygens (including phenoxy) is 5. The van der Waals surface area contributed by atoms with Gasteiger partial charge in [0, 0.05) is 11.6 Å². The number of phenols is 3. The molecule has 2 saturated heterocycles. The Morgan fingerprint density at radius 2 is 1.38 bits per heavy atom. The van der Waals surface area contributed by atoms with Crippen molar-refractivity contribution in [2.75, 3.05) is 13.7 Å². The van der Waals surface area contributed by atoms with E-state index in [0.717, 1.165) is 25.3 Å². The highest BCUT2D eigenvalue weighted by Gasteiger charge is 2.46. The van der Waals surface area contributed by atoms with Crippen LogP contribution >= 0.6 is 0 Å². The van der Waals surface area contributed by atoms with E-state index in [1.165, 1.54) is 13.0 Å². The lowest BCUT2D eigenvalue weighted by molar-refractivity contribution is -0.277. The van der Waals surface area contributed by atoms with Crippen LogP contribution in [0.1, 0.15) is 6.92 Å². The fourth-order valence-electron chi connectivity index (χ4n) is 5.02. The van der Waals surface area contributed by atoms with Gasteiger partial charge in [-0.25, -0.2) is 0 Å². The summed E-state index contributed by atoms with van der Waals surface area (Å²) in [6.07, 6.45) is -16.6. The minimum absolute atomic E-state index is 0.0978. The number of aliphatic hydroxyl groups is 7. The number of hydrogen-bond donors (Lipinski definition) is 10. The van der Waals surface area contributed by atoms with Gasteiger partial charge >= 0.3 is 0 Å². The van der Waals surface area contributed by atoms with Crippen molar-refractivity contribution in [2.45, 2.75) is 68.3 Å². The Kier molecular flexibility index (Phi) is 9.00. The van der Waals surface area contributed by atoms with E-state index in [0.29, 0.717) is 0 Å². The number of benzene rings is 2. The average Bonchev–Trinajstić information content (AvgIpc) is 3.02. The molecule has 0 spiro atoms. The lowest BCUT2D eigenvalue weighted by Crippen LogP contribution is -2.60. The molecular weight excluding hydrogens is 608 g/mol. The first-order chi connectivity index (χ1) is 21.3. The summed E-state index contributed by atoms with van der Waals surface area (Å²) in [5.74, 6) is -3.85. The number of fused-ring (bicyclic) bond motifs is 1. The van der Waals surface area contributed by atoms with E-state index in [4.69, 9.17) is 28.1 Å². The van der Waals surface area contributed by atoms with Crippen molar-refractivity contribution < 1.29 is 79.2 Å². The van der Waals surface area contributed by atoms with Gasteiger partial charge in [-0.15, -0.1) is 0 Å². The third-order valence-electron chi connectivity index (χ3n) is 7.61. The molecule has 10 atom stereocenters. The van der Waals surface area contributed by atoms with E-state index < -0.39 is 119 Å². The number of phenolic OH excluding ortho intramolecular Hbond substituents is 3. The molecule has 45 heavy (non-hydrogen) atoms. The van der Waals surface area contributed by atoms with Gasteiger partial charge in [0.15, 0.2) is 28.6 Å². The molecule has 5 rings (SSSR count). The summed E-state index contributed by atoms with van der Waals surface area (Å²) in [4.78, 5) is 14.0. The third kappa shape index (κ3) is 5.69. The van der Waals surface area contributed by atoms with Crippen LogP contribution in [0.3, 0.4) is 0 Å². The minimum atomic E-state index is -1.90. The number of aromatic hydroxyl groups is 3. The van der Waals surface area contributed by atoms with E-state index in [1.807, 2.05) is 0 Å². The minimum Gasteiger partial charge on any atom is -0.507 e. The Labute approximate surface area is 252 Å². The molecule has 0 radical (unpaired) electrons. The zero-order valence-electron chi connectivity index (χ0n) is 23.6. The molecule has 2 aliphatic heterocycles. The van der Waals surface area contributed by atoms with Gasteiger partial charge in [0.1, 0.15) is 53.9 Å². The number of hydrogen-bond acceptors (Lipinski definition) is 17. The summed E-state index contributed by atoms with van der Waals surface area (Å²) in [6, 6.07) is 4.21. The molecule has 3 aromatic rings.